The van der Waals surface area contributed by atoms with E-state index in [0.717, 1.165) is 19.3 Å². The van der Waals surface area contributed by atoms with Crippen molar-refractivity contribution < 1.29 is 25.2 Å². The quantitative estimate of drug-likeness (QED) is 0.342. The zero-order valence-corrected chi connectivity index (χ0v) is 16.0. The van der Waals surface area contributed by atoms with E-state index in [1.54, 1.807) is 13.8 Å². The summed E-state index contributed by atoms with van der Waals surface area (Å²) in [6.45, 7) is 7.36. The third kappa shape index (κ3) is 9.33. The molecule has 0 aromatic heterocycles. The number of hydrogen-bond acceptors (Lipinski definition) is 5. The maximum absolute atomic E-state index is 10.2. The molecule has 0 spiro atoms. The van der Waals surface area contributed by atoms with Crippen molar-refractivity contribution in [3.63, 3.8) is 0 Å². The molecular formula is C19H40O5. The van der Waals surface area contributed by atoms with Crippen molar-refractivity contribution >= 4 is 0 Å². The van der Waals surface area contributed by atoms with Gasteiger partial charge in [0, 0.05) is 12.5 Å². The first-order valence-electron chi connectivity index (χ1n) is 9.69. The standard InChI is InChI=1S/C19H40O5/c1-5-7-8-9-10-11-12-16(6-2)24-15(4)18(22)19(23)17(21)14(3)13-20/h14-23H,5-13H2,1-4H3/t14?,15-,16?,17?,18?,19?/m1/s1. The highest BCUT2D eigenvalue weighted by Gasteiger charge is 2.33. The van der Waals surface area contributed by atoms with Crippen molar-refractivity contribution in [3.8, 4) is 0 Å². The van der Waals surface area contributed by atoms with Crippen LogP contribution in [0.4, 0.5) is 0 Å². The van der Waals surface area contributed by atoms with E-state index >= 15 is 0 Å². The highest BCUT2D eigenvalue weighted by molar-refractivity contribution is 4.83. The first kappa shape index (κ1) is 23.8. The second kappa shape index (κ2) is 14.0. The van der Waals surface area contributed by atoms with Gasteiger partial charge >= 0.3 is 0 Å². The van der Waals surface area contributed by atoms with Crippen molar-refractivity contribution in [1.29, 1.82) is 0 Å². The van der Waals surface area contributed by atoms with Crippen LogP contribution in [0, 0.1) is 5.92 Å². The lowest BCUT2D eigenvalue weighted by molar-refractivity contribution is -0.145. The number of aliphatic hydroxyl groups excluding tert-OH is 4. The highest BCUT2D eigenvalue weighted by Crippen LogP contribution is 2.18. The highest BCUT2D eigenvalue weighted by atomic mass is 16.5. The van der Waals surface area contributed by atoms with Crippen LogP contribution in [-0.2, 0) is 4.74 Å². The first-order valence-corrected chi connectivity index (χ1v) is 9.69. The average molecular weight is 349 g/mol. The van der Waals surface area contributed by atoms with Crippen molar-refractivity contribution in [1.82, 2.24) is 0 Å². The number of ether oxygens (including phenoxy) is 1. The van der Waals surface area contributed by atoms with Crippen LogP contribution < -0.4 is 0 Å². The topological polar surface area (TPSA) is 90.2 Å². The van der Waals surface area contributed by atoms with Crippen LogP contribution in [0.2, 0.25) is 0 Å². The van der Waals surface area contributed by atoms with E-state index in [1.165, 1.54) is 32.1 Å². The van der Waals surface area contributed by atoms with Gasteiger partial charge in [-0.25, -0.2) is 0 Å². The van der Waals surface area contributed by atoms with Crippen LogP contribution in [0.5, 0.6) is 0 Å². The van der Waals surface area contributed by atoms with Gasteiger partial charge in [0.15, 0.2) is 0 Å². The predicted molar refractivity (Wildman–Crippen MR) is 96.9 cm³/mol. The SMILES string of the molecule is CCCCCCCCC(CC)O[C@H](C)C(O)C(O)C(O)C(C)CO. The molecule has 0 amide bonds. The zero-order valence-electron chi connectivity index (χ0n) is 16.0. The summed E-state index contributed by atoms with van der Waals surface area (Å²) in [6, 6.07) is 0. The van der Waals surface area contributed by atoms with Crippen molar-refractivity contribution in [3.05, 3.63) is 0 Å². The van der Waals surface area contributed by atoms with Crippen molar-refractivity contribution in [2.75, 3.05) is 6.61 Å². The fourth-order valence-corrected chi connectivity index (χ4v) is 2.83. The van der Waals surface area contributed by atoms with E-state index in [0.29, 0.717) is 0 Å². The van der Waals surface area contributed by atoms with Crippen LogP contribution in [0.1, 0.15) is 79.1 Å². The molecule has 0 heterocycles. The molecule has 0 bridgehead atoms. The van der Waals surface area contributed by atoms with Crippen LogP contribution in [0.15, 0.2) is 0 Å². The van der Waals surface area contributed by atoms with Gasteiger partial charge < -0.3 is 25.2 Å². The predicted octanol–water partition coefficient (Wildman–Crippen LogP) is 2.63. The number of hydrogen-bond donors (Lipinski definition) is 4. The molecule has 0 rings (SSSR count). The van der Waals surface area contributed by atoms with E-state index in [2.05, 4.69) is 13.8 Å². The van der Waals surface area contributed by atoms with Gasteiger partial charge in [-0.3, -0.25) is 0 Å². The average Bonchev–Trinajstić information content (AvgIpc) is 2.60. The summed E-state index contributed by atoms with van der Waals surface area (Å²) in [5, 5.41) is 39.2. The molecule has 0 aromatic carbocycles. The lowest BCUT2D eigenvalue weighted by Crippen LogP contribution is -2.48. The fourth-order valence-electron chi connectivity index (χ4n) is 2.83. The second-order valence-electron chi connectivity index (χ2n) is 7.06. The smallest absolute Gasteiger partial charge is 0.109 e. The Balaban J connectivity index is 4.20. The summed E-state index contributed by atoms with van der Waals surface area (Å²) < 4.78 is 5.89. The Hall–Kier alpha value is -0.200. The molecular weight excluding hydrogens is 308 g/mol. The van der Waals surface area contributed by atoms with Gasteiger partial charge in [0.05, 0.1) is 18.3 Å². The van der Waals surface area contributed by atoms with E-state index in [-0.39, 0.29) is 12.7 Å². The molecule has 0 aromatic rings. The summed E-state index contributed by atoms with van der Waals surface area (Å²) in [5.41, 5.74) is 0. The Morgan fingerprint density at radius 1 is 0.792 bits per heavy atom. The molecule has 0 fully saturated rings. The summed E-state index contributed by atoms with van der Waals surface area (Å²) in [7, 11) is 0. The van der Waals surface area contributed by atoms with Gasteiger partial charge in [-0.15, -0.1) is 0 Å². The van der Waals surface area contributed by atoms with E-state index in [1.807, 2.05) is 0 Å². The lowest BCUT2D eigenvalue weighted by Gasteiger charge is -2.31. The van der Waals surface area contributed by atoms with Crippen molar-refractivity contribution in [2.45, 2.75) is 110 Å². The van der Waals surface area contributed by atoms with E-state index in [4.69, 9.17) is 9.84 Å². The zero-order chi connectivity index (χ0) is 18.5. The Morgan fingerprint density at radius 2 is 1.38 bits per heavy atom. The van der Waals surface area contributed by atoms with Crippen LogP contribution in [0.25, 0.3) is 0 Å². The number of unbranched alkanes of at least 4 members (excludes halogenated alkanes) is 5. The molecule has 6 atom stereocenters. The maximum atomic E-state index is 10.2. The van der Waals surface area contributed by atoms with Gasteiger partial charge in [0.2, 0.25) is 0 Å². The molecule has 0 saturated heterocycles. The molecule has 5 nitrogen and oxygen atoms in total. The van der Waals surface area contributed by atoms with Crippen LogP contribution in [0.3, 0.4) is 0 Å². The fraction of sp³-hybridized carbons (Fsp3) is 1.00. The summed E-state index contributed by atoms with van der Waals surface area (Å²) in [4.78, 5) is 0. The minimum Gasteiger partial charge on any atom is -0.396 e. The molecule has 24 heavy (non-hydrogen) atoms. The molecule has 4 N–H and O–H groups in total. The van der Waals surface area contributed by atoms with E-state index in [9.17, 15) is 15.3 Å². The van der Waals surface area contributed by atoms with Gasteiger partial charge in [-0.05, 0) is 19.8 Å². The van der Waals surface area contributed by atoms with Crippen LogP contribution in [-0.4, -0.2) is 57.6 Å². The van der Waals surface area contributed by atoms with Gasteiger partial charge in [-0.2, -0.15) is 0 Å². The monoisotopic (exact) mass is 348 g/mol. The van der Waals surface area contributed by atoms with Gasteiger partial charge in [-0.1, -0.05) is 59.3 Å². The van der Waals surface area contributed by atoms with Crippen LogP contribution >= 0.6 is 0 Å². The largest absolute Gasteiger partial charge is 0.396 e. The molecule has 0 saturated carbocycles. The third-order valence-electron chi connectivity index (χ3n) is 4.79. The normalized spacial score (nSPS) is 19.5. The Labute approximate surface area is 148 Å². The minimum atomic E-state index is -1.33. The lowest BCUT2D eigenvalue weighted by atomic mass is 9.95. The Kier molecular flexibility index (Phi) is 13.9. The molecule has 5 heteroatoms. The Morgan fingerprint density at radius 3 is 1.92 bits per heavy atom. The third-order valence-corrected chi connectivity index (χ3v) is 4.79. The number of rotatable bonds is 15. The Bertz CT molecular complexity index is 287. The maximum Gasteiger partial charge on any atom is 0.109 e. The number of aliphatic hydroxyl groups is 4. The molecule has 5 unspecified atom stereocenters. The summed E-state index contributed by atoms with van der Waals surface area (Å²) >= 11 is 0. The molecule has 0 radical (unpaired) electrons. The van der Waals surface area contributed by atoms with Gasteiger partial charge in [0.1, 0.15) is 12.2 Å². The van der Waals surface area contributed by atoms with Crippen molar-refractivity contribution in [2.24, 2.45) is 5.92 Å². The second-order valence-corrected chi connectivity index (χ2v) is 7.06. The molecule has 0 aliphatic carbocycles. The molecule has 0 aliphatic rings. The summed E-state index contributed by atoms with van der Waals surface area (Å²) in [6.07, 6.45) is 5.03. The first-order chi connectivity index (χ1) is 11.4. The summed E-state index contributed by atoms with van der Waals surface area (Å²) in [5.74, 6) is -0.494. The minimum absolute atomic E-state index is 0.0560. The molecule has 0 aliphatic heterocycles. The van der Waals surface area contributed by atoms with E-state index < -0.39 is 30.3 Å². The molecule has 146 valence electrons. The van der Waals surface area contributed by atoms with Gasteiger partial charge in [0.25, 0.3) is 0 Å².